The lowest BCUT2D eigenvalue weighted by molar-refractivity contribution is 0.381. The fourth-order valence-electron chi connectivity index (χ4n) is 3.05. The Balaban J connectivity index is 1.65. The third kappa shape index (κ3) is 2.27. The van der Waals surface area contributed by atoms with E-state index in [0.29, 0.717) is 6.04 Å². The van der Waals surface area contributed by atoms with E-state index in [-0.39, 0.29) is 0 Å². The Bertz CT molecular complexity index is 511. The number of fused-ring (bicyclic) bond motifs is 1. The molecule has 3 heteroatoms. The van der Waals surface area contributed by atoms with Crippen LogP contribution in [0.2, 0.25) is 0 Å². The van der Waals surface area contributed by atoms with Crippen LogP contribution in [-0.2, 0) is 6.54 Å². The molecule has 96 valence electrons. The minimum absolute atomic E-state index is 0.620. The molecule has 1 aliphatic rings. The molecule has 0 amide bonds. The molecule has 3 rings (SSSR count). The lowest BCUT2D eigenvalue weighted by atomic mass is 9.99. The van der Waals surface area contributed by atoms with Crippen molar-refractivity contribution in [3.05, 3.63) is 30.1 Å². The van der Waals surface area contributed by atoms with Gasteiger partial charge in [-0.15, -0.1) is 0 Å². The van der Waals surface area contributed by atoms with Crippen molar-refractivity contribution < 1.29 is 0 Å². The molecule has 2 N–H and O–H groups in total. The van der Waals surface area contributed by atoms with Crippen LogP contribution in [0.5, 0.6) is 0 Å². The molecule has 0 saturated heterocycles. The minimum atomic E-state index is 0.620. The molecule has 2 aromatic rings. The van der Waals surface area contributed by atoms with Gasteiger partial charge in [-0.3, -0.25) is 0 Å². The van der Waals surface area contributed by atoms with Crippen LogP contribution in [0.25, 0.3) is 11.0 Å². The first kappa shape index (κ1) is 11.7. The largest absolute Gasteiger partial charge is 0.346 e. The Labute approximate surface area is 108 Å². The number of aromatic nitrogens is 2. The van der Waals surface area contributed by atoms with Crippen molar-refractivity contribution in [2.24, 2.45) is 5.92 Å². The lowest BCUT2D eigenvalue weighted by Crippen LogP contribution is -2.31. The molecule has 0 aliphatic heterocycles. The second kappa shape index (κ2) is 5.11. The molecule has 0 spiro atoms. The first-order valence-electron chi connectivity index (χ1n) is 6.99. The quantitative estimate of drug-likeness (QED) is 0.865. The summed E-state index contributed by atoms with van der Waals surface area (Å²) in [6, 6.07) is 4.75. The number of nitrogens with one attached hydrogen (secondary N) is 2. The Morgan fingerprint density at radius 2 is 2.28 bits per heavy atom. The number of nitrogens with zero attached hydrogens (tertiary/aromatic N) is 1. The highest BCUT2D eigenvalue weighted by Crippen LogP contribution is 2.27. The van der Waals surface area contributed by atoms with Crippen molar-refractivity contribution in [2.45, 2.75) is 45.2 Å². The standard InChI is InChI=1S/C15H21N3/c1-11(12-5-2-3-6-12)17-9-13-10-18-15-14(13)7-4-8-16-15/h4,7-8,10-12,17H,2-3,5-6,9H2,1H3,(H,16,18)/t11-/m1/s1. The summed E-state index contributed by atoms with van der Waals surface area (Å²) < 4.78 is 0. The number of rotatable bonds is 4. The number of pyridine rings is 1. The summed E-state index contributed by atoms with van der Waals surface area (Å²) in [5.41, 5.74) is 2.31. The molecular weight excluding hydrogens is 222 g/mol. The summed E-state index contributed by atoms with van der Waals surface area (Å²) in [5, 5.41) is 4.91. The van der Waals surface area contributed by atoms with Gasteiger partial charge in [-0.25, -0.2) is 4.98 Å². The van der Waals surface area contributed by atoms with Gasteiger partial charge in [0.15, 0.2) is 0 Å². The van der Waals surface area contributed by atoms with Crippen LogP contribution in [0.3, 0.4) is 0 Å². The van der Waals surface area contributed by atoms with E-state index in [9.17, 15) is 0 Å². The van der Waals surface area contributed by atoms with Gasteiger partial charge in [0.25, 0.3) is 0 Å². The summed E-state index contributed by atoms with van der Waals surface area (Å²) >= 11 is 0. The second-order valence-electron chi connectivity index (χ2n) is 5.43. The first-order valence-corrected chi connectivity index (χ1v) is 6.99. The summed E-state index contributed by atoms with van der Waals surface area (Å²) in [5.74, 6) is 0.869. The molecule has 1 atom stereocenters. The Morgan fingerprint density at radius 3 is 3.11 bits per heavy atom. The van der Waals surface area contributed by atoms with Crippen molar-refractivity contribution in [2.75, 3.05) is 0 Å². The highest BCUT2D eigenvalue weighted by atomic mass is 14.9. The van der Waals surface area contributed by atoms with Crippen molar-refractivity contribution in [3.8, 4) is 0 Å². The zero-order chi connectivity index (χ0) is 12.4. The van der Waals surface area contributed by atoms with E-state index >= 15 is 0 Å². The number of aromatic amines is 1. The average Bonchev–Trinajstić information content (AvgIpc) is 3.06. The zero-order valence-corrected chi connectivity index (χ0v) is 10.9. The van der Waals surface area contributed by atoms with Crippen molar-refractivity contribution in [3.63, 3.8) is 0 Å². The van der Waals surface area contributed by atoms with Gasteiger partial charge in [0, 0.05) is 30.4 Å². The van der Waals surface area contributed by atoms with E-state index in [1.54, 1.807) is 0 Å². The van der Waals surface area contributed by atoms with Gasteiger partial charge in [-0.05, 0) is 43.4 Å². The van der Waals surface area contributed by atoms with E-state index in [2.05, 4.69) is 34.5 Å². The smallest absolute Gasteiger partial charge is 0.137 e. The lowest BCUT2D eigenvalue weighted by Gasteiger charge is -2.20. The molecule has 1 saturated carbocycles. The van der Waals surface area contributed by atoms with Gasteiger partial charge in [0.2, 0.25) is 0 Å². The number of H-pyrrole nitrogens is 1. The van der Waals surface area contributed by atoms with Gasteiger partial charge < -0.3 is 10.3 Å². The summed E-state index contributed by atoms with van der Waals surface area (Å²) in [6.45, 7) is 3.26. The van der Waals surface area contributed by atoms with Crippen LogP contribution in [0.4, 0.5) is 0 Å². The summed E-state index contributed by atoms with van der Waals surface area (Å²) in [7, 11) is 0. The zero-order valence-electron chi connectivity index (χ0n) is 10.9. The van der Waals surface area contributed by atoms with Gasteiger partial charge in [0.1, 0.15) is 5.65 Å². The SMILES string of the molecule is C[C@@H](NCc1c[nH]c2ncccc12)C1CCCC1. The molecule has 2 heterocycles. The molecule has 0 bridgehead atoms. The van der Waals surface area contributed by atoms with Crippen LogP contribution in [0, 0.1) is 5.92 Å². The average molecular weight is 243 g/mol. The molecule has 0 aromatic carbocycles. The van der Waals surface area contributed by atoms with Crippen molar-refractivity contribution in [1.29, 1.82) is 0 Å². The molecule has 0 unspecified atom stereocenters. The minimum Gasteiger partial charge on any atom is -0.346 e. The fraction of sp³-hybridized carbons (Fsp3) is 0.533. The van der Waals surface area contributed by atoms with E-state index < -0.39 is 0 Å². The number of hydrogen-bond donors (Lipinski definition) is 2. The highest BCUT2D eigenvalue weighted by molar-refractivity contribution is 5.79. The first-order chi connectivity index (χ1) is 8.84. The van der Waals surface area contributed by atoms with Crippen LogP contribution >= 0.6 is 0 Å². The third-order valence-corrected chi connectivity index (χ3v) is 4.26. The van der Waals surface area contributed by atoms with Gasteiger partial charge in [0.05, 0.1) is 0 Å². The molecule has 1 fully saturated rings. The summed E-state index contributed by atoms with van der Waals surface area (Å²) in [6.07, 6.45) is 9.51. The van der Waals surface area contributed by atoms with E-state index in [1.165, 1.54) is 36.6 Å². The normalized spacial score (nSPS) is 18.5. The van der Waals surface area contributed by atoms with Crippen LogP contribution in [0.15, 0.2) is 24.5 Å². The Hall–Kier alpha value is -1.35. The van der Waals surface area contributed by atoms with E-state index in [1.807, 2.05) is 12.3 Å². The maximum absolute atomic E-state index is 4.32. The van der Waals surface area contributed by atoms with Crippen LogP contribution in [0.1, 0.15) is 38.2 Å². The molecule has 18 heavy (non-hydrogen) atoms. The topological polar surface area (TPSA) is 40.7 Å². The predicted molar refractivity (Wildman–Crippen MR) is 74.4 cm³/mol. The van der Waals surface area contributed by atoms with Gasteiger partial charge in [-0.2, -0.15) is 0 Å². The van der Waals surface area contributed by atoms with Crippen molar-refractivity contribution in [1.82, 2.24) is 15.3 Å². The van der Waals surface area contributed by atoms with Crippen molar-refractivity contribution >= 4 is 11.0 Å². The summed E-state index contributed by atoms with van der Waals surface area (Å²) in [4.78, 5) is 7.55. The van der Waals surface area contributed by atoms with E-state index in [4.69, 9.17) is 0 Å². The third-order valence-electron chi connectivity index (χ3n) is 4.26. The van der Waals surface area contributed by atoms with Gasteiger partial charge in [-0.1, -0.05) is 12.8 Å². The molecule has 1 aliphatic carbocycles. The Kier molecular flexibility index (Phi) is 3.33. The highest BCUT2D eigenvalue weighted by Gasteiger charge is 2.21. The molecular formula is C15H21N3. The monoisotopic (exact) mass is 243 g/mol. The second-order valence-corrected chi connectivity index (χ2v) is 5.43. The number of hydrogen-bond acceptors (Lipinski definition) is 2. The van der Waals surface area contributed by atoms with Gasteiger partial charge >= 0.3 is 0 Å². The Morgan fingerprint density at radius 1 is 1.44 bits per heavy atom. The van der Waals surface area contributed by atoms with E-state index in [0.717, 1.165) is 18.1 Å². The molecule has 0 radical (unpaired) electrons. The predicted octanol–water partition coefficient (Wildman–Crippen LogP) is 3.23. The molecule has 3 nitrogen and oxygen atoms in total. The maximum atomic E-state index is 4.32. The van der Waals surface area contributed by atoms with Crippen LogP contribution in [-0.4, -0.2) is 16.0 Å². The van der Waals surface area contributed by atoms with Crippen LogP contribution < -0.4 is 5.32 Å². The maximum Gasteiger partial charge on any atom is 0.137 e. The fourth-order valence-corrected chi connectivity index (χ4v) is 3.05. The molecule has 2 aromatic heterocycles.